The average molecular weight is 284 g/mol. The van der Waals surface area contributed by atoms with E-state index in [1.165, 1.54) is 0 Å². The number of likely N-dealkylation sites (tertiary alicyclic amines) is 1. The van der Waals surface area contributed by atoms with E-state index in [1.54, 1.807) is 0 Å². The Hall–Kier alpha value is -1.30. The van der Waals surface area contributed by atoms with Crippen molar-refractivity contribution in [1.29, 1.82) is 0 Å². The lowest BCUT2D eigenvalue weighted by Gasteiger charge is -2.31. The number of piperidine rings is 1. The summed E-state index contributed by atoms with van der Waals surface area (Å²) in [4.78, 5) is 14.6. The molecule has 1 rings (SSSR count). The van der Waals surface area contributed by atoms with Crippen LogP contribution in [0.25, 0.3) is 0 Å². The predicted molar refractivity (Wildman–Crippen MR) is 79.6 cm³/mol. The van der Waals surface area contributed by atoms with Gasteiger partial charge in [0.2, 0.25) is 5.91 Å². The Morgan fingerprint density at radius 1 is 1.45 bits per heavy atom. The number of oxime groups is 1. The highest BCUT2D eigenvalue weighted by Crippen LogP contribution is 2.17. The Balaban J connectivity index is 2.42. The number of carbonyl (C=O) groups excluding carboxylic acids is 1. The van der Waals surface area contributed by atoms with Crippen LogP contribution in [-0.2, 0) is 4.79 Å². The van der Waals surface area contributed by atoms with Crippen molar-refractivity contribution in [3.05, 3.63) is 0 Å². The summed E-state index contributed by atoms with van der Waals surface area (Å²) in [7, 11) is 0. The molecule has 0 aliphatic carbocycles. The fourth-order valence-electron chi connectivity index (χ4n) is 2.70. The highest BCUT2D eigenvalue weighted by atomic mass is 16.4. The van der Waals surface area contributed by atoms with E-state index in [2.05, 4.69) is 22.3 Å². The molecule has 1 unspecified atom stereocenters. The Morgan fingerprint density at radius 2 is 2.05 bits per heavy atom. The number of amidine groups is 1. The van der Waals surface area contributed by atoms with Crippen molar-refractivity contribution in [2.75, 3.05) is 26.2 Å². The van der Waals surface area contributed by atoms with Gasteiger partial charge in [0.25, 0.3) is 0 Å². The highest BCUT2D eigenvalue weighted by Gasteiger charge is 2.27. The number of rotatable bonds is 6. The van der Waals surface area contributed by atoms with Crippen LogP contribution in [0.5, 0.6) is 0 Å². The molecule has 1 atom stereocenters. The third kappa shape index (κ3) is 4.67. The van der Waals surface area contributed by atoms with Crippen molar-refractivity contribution in [2.24, 2.45) is 28.6 Å². The minimum Gasteiger partial charge on any atom is -0.409 e. The van der Waals surface area contributed by atoms with E-state index in [4.69, 9.17) is 10.9 Å². The largest absolute Gasteiger partial charge is 0.409 e. The van der Waals surface area contributed by atoms with Crippen molar-refractivity contribution in [1.82, 2.24) is 10.2 Å². The molecule has 1 heterocycles. The highest BCUT2D eigenvalue weighted by molar-refractivity contribution is 6.02. The van der Waals surface area contributed by atoms with E-state index in [-0.39, 0.29) is 17.7 Å². The Kier molecular flexibility index (Phi) is 6.78. The van der Waals surface area contributed by atoms with E-state index in [1.807, 2.05) is 13.8 Å². The molecule has 6 nitrogen and oxygen atoms in total. The number of nitrogens with two attached hydrogens (primary N) is 1. The Morgan fingerprint density at radius 3 is 2.50 bits per heavy atom. The first-order valence-corrected chi connectivity index (χ1v) is 7.47. The molecule has 0 aromatic heterocycles. The summed E-state index contributed by atoms with van der Waals surface area (Å²) in [5, 5.41) is 14.7. The zero-order valence-corrected chi connectivity index (χ0v) is 12.8. The SMILES string of the molecule is CCN1CCC(CNC(=O)C(C(N)=NO)C(C)C)CC1. The first-order chi connectivity index (χ1) is 9.49. The molecular weight excluding hydrogens is 256 g/mol. The number of nitrogens with one attached hydrogen (secondary N) is 1. The van der Waals surface area contributed by atoms with Crippen LogP contribution in [0.4, 0.5) is 0 Å². The van der Waals surface area contributed by atoms with Crippen LogP contribution in [-0.4, -0.2) is 48.0 Å². The van der Waals surface area contributed by atoms with E-state index >= 15 is 0 Å². The van der Waals surface area contributed by atoms with E-state index in [0.717, 1.165) is 32.5 Å². The number of nitrogens with zero attached hydrogens (tertiary/aromatic N) is 2. The predicted octanol–water partition coefficient (Wildman–Crippen LogP) is 0.853. The lowest BCUT2D eigenvalue weighted by Crippen LogP contribution is -2.44. The number of carbonyl (C=O) groups is 1. The number of amides is 1. The summed E-state index contributed by atoms with van der Waals surface area (Å²) >= 11 is 0. The van der Waals surface area contributed by atoms with Gasteiger partial charge in [0.05, 0.1) is 0 Å². The second kappa shape index (κ2) is 8.09. The molecule has 1 amide bonds. The third-order valence-electron chi connectivity index (χ3n) is 4.10. The standard InChI is InChI=1S/C14H28N4O2/c1-4-18-7-5-11(6-8-18)9-16-14(19)12(10(2)3)13(15)17-20/h10-12,20H,4-9H2,1-3H3,(H2,15,17)(H,16,19). The van der Waals surface area contributed by atoms with Gasteiger partial charge in [-0.2, -0.15) is 0 Å². The van der Waals surface area contributed by atoms with Gasteiger partial charge in [0, 0.05) is 6.54 Å². The van der Waals surface area contributed by atoms with Gasteiger partial charge in [-0.3, -0.25) is 4.79 Å². The van der Waals surface area contributed by atoms with Crippen LogP contribution in [0, 0.1) is 17.8 Å². The van der Waals surface area contributed by atoms with Gasteiger partial charge in [-0.25, -0.2) is 0 Å². The van der Waals surface area contributed by atoms with Crippen LogP contribution in [0.2, 0.25) is 0 Å². The zero-order chi connectivity index (χ0) is 15.1. The molecule has 6 heteroatoms. The van der Waals surface area contributed by atoms with Crippen LogP contribution in [0.15, 0.2) is 5.16 Å². The molecule has 0 aromatic rings. The van der Waals surface area contributed by atoms with Crippen molar-refractivity contribution in [3.8, 4) is 0 Å². The van der Waals surface area contributed by atoms with Crippen LogP contribution < -0.4 is 11.1 Å². The molecule has 0 saturated carbocycles. The second-order valence-corrected chi connectivity index (χ2v) is 5.87. The van der Waals surface area contributed by atoms with Crippen LogP contribution >= 0.6 is 0 Å². The molecule has 1 aliphatic rings. The molecule has 4 N–H and O–H groups in total. The fraction of sp³-hybridized carbons (Fsp3) is 0.857. The molecule has 20 heavy (non-hydrogen) atoms. The quantitative estimate of drug-likeness (QED) is 0.292. The van der Waals surface area contributed by atoms with Crippen LogP contribution in [0.1, 0.15) is 33.6 Å². The molecule has 1 aliphatic heterocycles. The summed E-state index contributed by atoms with van der Waals surface area (Å²) in [6.45, 7) is 9.93. The summed E-state index contributed by atoms with van der Waals surface area (Å²) in [5.41, 5.74) is 5.60. The molecule has 1 fully saturated rings. The van der Waals surface area contributed by atoms with Gasteiger partial charge >= 0.3 is 0 Å². The summed E-state index contributed by atoms with van der Waals surface area (Å²) < 4.78 is 0. The lowest BCUT2D eigenvalue weighted by atomic mass is 9.92. The van der Waals surface area contributed by atoms with Crippen molar-refractivity contribution >= 4 is 11.7 Å². The lowest BCUT2D eigenvalue weighted by molar-refractivity contribution is -0.124. The van der Waals surface area contributed by atoms with E-state index < -0.39 is 5.92 Å². The van der Waals surface area contributed by atoms with Crippen molar-refractivity contribution in [2.45, 2.75) is 33.6 Å². The molecule has 0 spiro atoms. The molecule has 0 radical (unpaired) electrons. The smallest absolute Gasteiger partial charge is 0.231 e. The van der Waals surface area contributed by atoms with Gasteiger partial charge < -0.3 is 21.2 Å². The van der Waals surface area contributed by atoms with Crippen molar-refractivity contribution < 1.29 is 10.0 Å². The number of hydrogen-bond acceptors (Lipinski definition) is 4. The van der Waals surface area contributed by atoms with Gasteiger partial charge in [-0.05, 0) is 44.3 Å². The number of hydrogen-bond donors (Lipinski definition) is 3. The van der Waals surface area contributed by atoms with Gasteiger partial charge in [0.15, 0.2) is 5.84 Å². The maximum absolute atomic E-state index is 12.2. The third-order valence-corrected chi connectivity index (χ3v) is 4.10. The Bertz CT molecular complexity index is 336. The zero-order valence-electron chi connectivity index (χ0n) is 12.8. The molecule has 116 valence electrons. The van der Waals surface area contributed by atoms with Crippen molar-refractivity contribution in [3.63, 3.8) is 0 Å². The van der Waals surface area contributed by atoms with Gasteiger partial charge in [0.1, 0.15) is 5.92 Å². The molecule has 1 saturated heterocycles. The maximum Gasteiger partial charge on any atom is 0.231 e. The maximum atomic E-state index is 12.2. The average Bonchev–Trinajstić information content (AvgIpc) is 2.45. The topological polar surface area (TPSA) is 91.0 Å². The first-order valence-electron chi connectivity index (χ1n) is 7.47. The summed E-state index contributed by atoms with van der Waals surface area (Å²) in [6, 6.07) is 0. The van der Waals surface area contributed by atoms with Gasteiger partial charge in [-0.1, -0.05) is 25.9 Å². The van der Waals surface area contributed by atoms with E-state index in [0.29, 0.717) is 12.5 Å². The summed E-state index contributed by atoms with van der Waals surface area (Å²) in [6.07, 6.45) is 2.23. The van der Waals surface area contributed by atoms with Crippen LogP contribution in [0.3, 0.4) is 0 Å². The fourth-order valence-corrected chi connectivity index (χ4v) is 2.70. The van der Waals surface area contributed by atoms with Gasteiger partial charge in [-0.15, -0.1) is 0 Å². The monoisotopic (exact) mass is 284 g/mol. The second-order valence-electron chi connectivity index (χ2n) is 5.87. The molecule has 0 bridgehead atoms. The normalized spacial score (nSPS) is 20.1. The molecule has 0 aromatic carbocycles. The minimum atomic E-state index is -0.560. The molecular formula is C14H28N4O2. The Labute approximate surface area is 121 Å². The minimum absolute atomic E-state index is 0.00726. The first kappa shape index (κ1) is 16.8. The summed E-state index contributed by atoms with van der Waals surface area (Å²) in [5.74, 6) is -0.183. The van der Waals surface area contributed by atoms with E-state index in [9.17, 15) is 4.79 Å².